The molecule has 2 aliphatic rings. The van der Waals surface area contributed by atoms with Crippen molar-refractivity contribution >= 4 is 44.5 Å². The van der Waals surface area contributed by atoms with Gasteiger partial charge in [0.2, 0.25) is 0 Å². The Kier molecular flexibility index (Phi) is 6.74. The van der Waals surface area contributed by atoms with E-state index in [1.807, 2.05) is 6.08 Å². The van der Waals surface area contributed by atoms with Crippen molar-refractivity contribution in [3.8, 4) is 44.5 Å². The zero-order valence-electron chi connectivity index (χ0n) is 31.1. The lowest BCUT2D eigenvalue weighted by Crippen LogP contribution is -2.16. The number of rotatable bonds is 4. The molecule has 0 heterocycles. The van der Waals surface area contributed by atoms with Gasteiger partial charge in [-0.3, -0.25) is 0 Å². The summed E-state index contributed by atoms with van der Waals surface area (Å²) in [6, 6.07) is 50.5. The summed E-state index contributed by atoms with van der Waals surface area (Å²) >= 11 is 0. The summed E-state index contributed by atoms with van der Waals surface area (Å²) in [4.78, 5) is 0. The lowest BCUT2D eigenvalue weighted by atomic mass is 9.76. The summed E-state index contributed by atoms with van der Waals surface area (Å²) in [6.45, 7) is 15.9. The van der Waals surface area contributed by atoms with E-state index in [0.29, 0.717) is 0 Å². The first-order valence-corrected chi connectivity index (χ1v) is 18.9. The van der Waals surface area contributed by atoms with E-state index in [1.54, 1.807) is 0 Å². The highest BCUT2D eigenvalue weighted by Gasteiger charge is 2.40. The van der Waals surface area contributed by atoms with Crippen LogP contribution in [0, 0.1) is 0 Å². The maximum absolute atomic E-state index is 4.18. The molecule has 10 rings (SSSR count). The monoisotopic (exact) mass is 678 g/mol. The molecule has 8 aromatic carbocycles. The molecule has 2 aliphatic carbocycles. The zero-order chi connectivity index (χ0) is 36.2. The molecular formula is C53H42. The Balaban J connectivity index is 1.32. The van der Waals surface area contributed by atoms with Crippen LogP contribution in [0.25, 0.3) is 89.0 Å². The van der Waals surface area contributed by atoms with Gasteiger partial charge in [-0.1, -0.05) is 180 Å². The lowest BCUT2D eigenvalue weighted by Gasteiger charge is -2.27. The molecular weight excluding hydrogens is 637 g/mol. The second-order valence-electron chi connectivity index (χ2n) is 16.0. The molecule has 0 unspecified atom stereocenters. The largest absolute Gasteiger partial charge is 0.0984 e. The van der Waals surface area contributed by atoms with Gasteiger partial charge in [0.25, 0.3) is 0 Å². The molecule has 0 spiro atoms. The van der Waals surface area contributed by atoms with E-state index in [9.17, 15) is 0 Å². The van der Waals surface area contributed by atoms with Crippen LogP contribution < -0.4 is 0 Å². The van der Waals surface area contributed by atoms with E-state index in [-0.39, 0.29) is 10.8 Å². The summed E-state index contributed by atoms with van der Waals surface area (Å²) in [5.41, 5.74) is 18.3. The SMILES string of the molecule is C=Cc1ccc2c(c1/C=C\C)-c1cccc(-c3c4ccccc4c(-c4cc5c(c6ccccc46)-c4ccccc4C5(C)C)c4ccccc34)c1C2(C)C. The molecule has 0 saturated heterocycles. The number of hydrogen-bond acceptors (Lipinski definition) is 0. The molecule has 0 fully saturated rings. The quantitative estimate of drug-likeness (QED) is 0.163. The van der Waals surface area contributed by atoms with E-state index >= 15 is 0 Å². The Morgan fingerprint density at radius 1 is 0.434 bits per heavy atom. The predicted molar refractivity (Wildman–Crippen MR) is 230 cm³/mol. The Morgan fingerprint density at radius 2 is 0.943 bits per heavy atom. The summed E-state index contributed by atoms with van der Waals surface area (Å²) in [5.74, 6) is 0. The Hall–Kier alpha value is -5.98. The molecule has 0 saturated carbocycles. The first-order valence-electron chi connectivity index (χ1n) is 18.9. The van der Waals surface area contributed by atoms with Gasteiger partial charge in [0.05, 0.1) is 0 Å². The van der Waals surface area contributed by atoms with Gasteiger partial charge < -0.3 is 0 Å². The van der Waals surface area contributed by atoms with Crippen LogP contribution in [0.15, 0.2) is 146 Å². The van der Waals surface area contributed by atoms with Gasteiger partial charge in [0.15, 0.2) is 0 Å². The van der Waals surface area contributed by atoms with Gasteiger partial charge in [-0.05, 0) is 123 Å². The van der Waals surface area contributed by atoms with E-state index in [1.165, 1.54) is 110 Å². The number of fused-ring (bicyclic) bond motifs is 10. The molecule has 0 heteroatoms. The van der Waals surface area contributed by atoms with Crippen LogP contribution in [0.4, 0.5) is 0 Å². The van der Waals surface area contributed by atoms with E-state index < -0.39 is 0 Å². The van der Waals surface area contributed by atoms with Crippen molar-refractivity contribution in [2.24, 2.45) is 0 Å². The van der Waals surface area contributed by atoms with Crippen LogP contribution in [-0.2, 0) is 10.8 Å². The molecule has 0 radical (unpaired) electrons. The highest BCUT2D eigenvalue weighted by molar-refractivity contribution is 6.25. The average molecular weight is 679 g/mol. The van der Waals surface area contributed by atoms with Crippen LogP contribution in [0.5, 0.6) is 0 Å². The average Bonchev–Trinajstić information content (AvgIpc) is 3.56. The summed E-state index contributed by atoms with van der Waals surface area (Å²) < 4.78 is 0. The normalized spacial score (nSPS) is 14.8. The number of hydrogen-bond donors (Lipinski definition) is 0. The van der Waals surface area contributed by atoms with Gasteiger partial charge in [-0.15, -0.1) is 0 Å². The van der Waals surface area contributed by atoms with Crippen molar-refractivity contribution in [2.45, 2.75) is 45.4 Å². The van der Waals surface area contributed by atoms with Gasteiger partial charge in [0, 0.05) is 10.8 Å². The smallest absolute Gasteiger partial charge is 0.0165 e. The Labute approximate surface area is 312 Å². The fraction of sp³-hybridized carbons (Fsp3) is 0.132. The topological polar surface area (TPSA) is 0 Å². The third-order valence-electron chi connectivity index (χ3n) is 12.5. The fourth-order valence-corrected chi connectivity index (χ4v) is 10.2. The molecule has 0 aromatic heterocycles. The summed E-state index contributed by atoms with van der Waals surface area (Å²) in [5, 5.41) is 7.77. The van der Waals surface area contributed by atoms with E-state index in [0.717, 1.165) is 0 Å². The van der Waals surface area contributed by atoms with Gasteiger partial charge in [-0.2, -0.15) is 0 Å². The van der Waals surface area contributed by atoms with Crippen LogP contribution in [0.2, 0.25) is 0 Å². The molecule has 8 aromatic rings. The first kappa shape index (κ1) is 31.7. The van der Waals surface area contributed by atoms with Crippen LogP contribution in [0.3, 0.4) is 0 Å². The molecule has 0 bridgehead atoms. The lowest BCUT2D eigenvalue weighted by molar-refractivity contribution is 0.661. The highest BCUT2D eigenvalue weighted by Crippen LogP contribution is 2.58. The van der Waals surface area contributed by atoms with Gasteiger partial charge >= 0.3 is 0 Å². The minimum Gasteiger partial charge on any atom is -0.0984 e. The van der Waals surface area contributed by atoms with Gasteiger partial charge in [-0.25, -0.2) is 0 Å². The van der Waals surface area contributed by atoms with Crippen LogP contribution in [-0.4, -0.2) is 0 Å². The van der Waals surface area contributed by atoms with E-state index in [2.05, 4.69) is 187 Å². The van der Waals surface area contributed by atoms with Crippen molar-refractivity contribution in [2.75, 3.05) is 0 Å². The van der Waals surface area contributed by atoms with Gasteiger partial charge in [0.1, 0.15) is 0 Å². The molecule has 0 nitrogen and oxygen atoms in total. The van der Waals surface area contributed by atoms with Crippen molar-refractivity contribution in [1.82, 2.24) is 0 Å². The summed E-state index contributed by atoms with van der Waals surface area (Å²) in [7, 11) is 0. The van der Waals surface area contributed by atoms with Crippen LogP contribution >= 0.6 is 0 Å². The third-order valence-corrected chi connectivity index (χ3v) is 12.5. The standard InChI is InChI=1S/C53H42/c1-7-18-33-32(8-2)29-30-45-49(33)42-27-17-26-41(51(42)53(45,5)6)47-36-21-11-13-23-38(36)48(39-24-14-12-22-37(39)47)43-31-46-50(35-20-10-9-19-34(35)43)40-25-15-16-28-44(40)52(46,3)4/h7-31H,2H2,1,3-6H3/b18-7-. The molecule has 0 amide bonds. The maximum Gasteiger partial charge on any atom is 0.0165 e. The number of allylic oxidation sites excluding steroid dienone is 1. The highest BCUT2D eigenvalue weighted by atomic mass is 14.4. The molecule has 0 aliphatic heterocycles. The Morgan fingerprint density at radius 3 is 1.55 bits per heavy atom. The fourth-order valence-electron chi connectivity index (χ4n) is 10.2. The van der Waals surface area contributed by atoms with E-state index in [4.69, 9.17) is 0 Å². The molecule has 254 valence electrons. The van der Waals surface area contributed by atoms with Crippen molar-refractivity contribution < 1.29 is 0 Å². The predicted octanol–water partition coefficient (Wildman–Crippen LogP) is 14.8. The minimum atomic E-state index is -0.199. The number of benzene rings is 8. The van der Waals surface area contributed by atoms with Crippen molar-refractivity contribution in [1.29, 1.82) is 0 Å². The Bertz CT molecular complexity index is 2850. The van der Waals surface area contributed by atoms with Crippen molar-refractivity contribution in [3.05, 3.63) is 179 Å². The molecule has 0 atom stereocenters. The first-order chi connectivity index (χ1) is 25.8. The van der Waals surface area contributed by atoms with Crippen LogP contribution in [0.1, 0.15) is 68.0 Å². The second kappa shape index (κ2) is 11.3. The minimum absolute atomic E-state index is 0.112. The third kappa shape index (κ3) is 4.18. The molecule has 0 N–H and O–H groups in total. The van der Waals surface area contributed by atoms with Crippen molar-refractivity contribution in [3.63, 3.8) is 0 Å². The second-order valence-corrected chi connectivity index (χ2v) is 16.0. The molecule has 53 heavy (non-hydrogen) atoms. The zero-order valence-corrected chi connectivity index (χ0v) is 31.1. The summed E-state index contributed by atoms with van der Waals surface area (Å²) in [6.07, 6.45) is 6.40. The maximum atomic E-state index is 4.18.